The Bertz CT molecular complexity index is 745. The van der Waals surface area contributed by atoms with Crippen LogP contribution in [0.25, 0.3) is 0 Å². The van der Waals surface area contributed by atoms with E-state index in [0.717, 1.165) is 29.4 Å². The molecule has 0 saturated carbocycles. The van der Waals surface area contributed by atoms with Crippen LogP contribution in [0.1, 0.15) is 25.0 Å². The Morgan fingerprint density at radius 3 is 2.52 bits per heavy atom. The molecule has 0 spiro atoms. The van der Waals surface area contributed by atoms with Gasteiger partial charge in [0, 0.05) is 25.7 Å². The number of hydrogen-bond acceptors (Lipinski definition) is 4. The van der Waals surface area contributed by atoms with Gasteiger partial charge < -0.3 is 24.8 Å². The summed E-state index contributed by atoms with van der Waals surface area (Å²) in [5, 5.41) is 13.5. The highest BCUT2D eigenvalue weighted by molar-refractivity contribution is 5.79. The van der Waals surface area contributed by atoms with Crippen molar-refractivity contribution in [2.75, 3.05) is 27.3 Å². The van der Waals surface area contributed by atoms with Gasteiger partial charge in [-0.25, -0.2) is 4.99 Å². The second-order valence-corrected chi connectivity index (χ2v) is 6.07. The molecule has 0 aromatic heterocycles. The molecule has 0 saturated heterocycles. The fraction of sp³-hybridized carbons (Fsp3) is 0.381. The Labute approximate surface area is 161 Å². The maximum atomic E-state index is 10.2. The van der Waals surface area contributed by atoms with Gasteiger partial charge in [-0.1, -0.05) is 24.3 Å². The number of methoxy groups -OCH3 is 1. The van der Waals surface area contributed by atoms with Gasteiger partial charge in [0.05, 0.1) is 20.3 Å². The molecule has 0 aliphatic heterocycles. The molecule has 0 radical (unpaired) electrons. The first-order valence-electron chi connectivity index (χ1n) is 9.15. The third-order valence-corrected chi connectivity index (χ3v) is 4.05. The quantitative estimate of drug-likeness (QED) is 0.550. The summed E-state index contributed by atoms with van der Waals surface area (Å²) in [7, 11) is 3.53. The zero-order valence-corrected chi connectivity index (χ0v) is 16.5. The van der Waals surface area contributed by atoms with Crippen LogP contribution in [0.3, 0.4) is 0 Å². The highest BCUT2D eigenvalue weighted by atomic mass is 16.5. The number of phenols is 1. The van der Waals surface area contributed by atoms with E-state index in [1.807, 2.05) is 45.2 Å². The topological polar surface area (TPSA) is 66.3 Å². The molecule has 0 fully saturated rings. The Balaban J connectivity index is 2.09. The predicted molar refractivity (Wildman–Crippen MR) is 109 cm³/mol. The van der Waals surface area contributed by atoms with Gasteiger partial charge in [0.15, 0.2) is 17.5 Å². The van der Waals surface area contributed by atoms with Crippen LogP contribution in [0.15, 0.2) is 47.5 Å². The summed E-state index contributed by atoms with van der Waals surface area (Å²) in [4.78, 5) is 6.71. The second-order valence-electron chi connectivity index (χ2n) is 6.07. The molecule has 0 atom stereocenters. The third-order valence-electron chi connectivity index (χ3n) is 4.05. The maximum Gasteiger partial charge on any atom is 0.194 e. The van der Waals surface area contributed by atoms with Gasteiger partial charge in [0.1, 0.15) is 5.75 Å². The number of aliphatic imine (C=N–C) groups is 1. The van der Waals surface area contributed by atoms with E-state index in [9.17, 15) is 5.11 Å². The van der Waals surface area contributed by atoms with Crippen LogP contribution in [0.5, 0.6) is 17.2 Å². The summed E-state index contributed by atoms with van der Waals surface area (Å²) >= 11 is 0. The summed E-state index contributed by atoms with van der Waals surface area (Å²) in [5.41, 5.74) is 1.88. The maximum absolute atomic E-state index is 10.2. The molecular weight excluding hydrogens is 342 g/mol. The first kappa shape index (κ1) is 20.4. The van der Waals surface area contributed by atoms with Crippen molar-refractivity contribution in [1.82, 2.24) is 10.2 Å². The van der Waals surface area contributed by atoms with Crippen molar-refractivity contribution in [3.8, 4) is 17.2 Å². The van der Waals surface area contributed by atoms with Crippen LogP contribution in [0, 0.1) is 0 Å². The summed E-state index contributed by atoms with van der Waals surface area (Å²) in [6.07, 6.45) is 0. The van der Waals surface area contributed by atoms with Crippen molar-refractivity contribution in [2.45, 2.75) is 26.9 Å². The van der Waals surface area contributed by atoms with Crippen molar-refractivity contribution in [1.29, 1.82) is 0 Å². The van der Waals surface area contributed by atoms with Crippen LogP contribution < -0.4 is 14.8 Å². The molecule has 2 rings (SSSR count). The minimum atomic E-state index is 0.133. The molecule has 0 aliphatic rings. The number of ether oxygens (including phenoxy) is 2. The van der Waals surface area contributed by atoms with Gasteiger partial charge >= 0.3 is 0 Å². The van der Waals surface area contributed by atoms with Crippen LogP contribution >= 0.6 is 0 Å². The summed E-state index contributed by atoms with van der Waals surface area (Å²) in [5.74, 6) is 2.23. The highest BCUT2D eigenvalue weighted by Gasteiger charge is 2.10. The zero-order chi connectivity index (χ0) is 19.6. The van der Waals surface area contributed by atoms with Crippen molar-refractivity contribution < 1.29 is 14.6 Å². The second kappa shape index (κ2) is 10.3. The molecule has 0 bridgehead atoms. The van der Waals surface area contributed by atoms with Gasteiger partial charge in [-0.2, -0.15) is 0 Å². The van der Waals surface area contributed by atoms with E-state index in [4.69, 9.17) is 9.47 Å². The predicted octanol–water partition coefficient (Wildman–Crippen LogP) is 3.40. The molecule has 6 nitrogen and oxygen atoms in total. The minimum Gasteiger partial charge on any atom is -0.504 e. The Morgan fingerprint density at radius 2 is 1.89 bits per heavy atom. The molecule has 2 N–H and O–H groups in total. The van der Waals surface area contributed by atoms with Gasteiger partial charge in [-0.15, -0.1) is 0 Å². The van der Waals surface area contributed by atoms with E-state index in [2.05, 4.69) is 27.3 Å². The van der Waals surface area contributed by atoms with Crippen LogP contribution in [-0.2, 0) is 13.1 Å². The van der Waals surface area contributed by atoms with E-state index < -0.39 is 0 Å². The first-order valence-corrected chi connectivity index (χ1v) is 9.15. The standard InChI is InChI=1S/C21H29N3O3/c1-5-22-21(23-14-17-8-7-9-19(26-4)20(17)25)24(3)15-16-10-12-18(13-11-16)27-6-2/h7-13,25H,5-6,14-15H2,1-4H3,(H,22,23). The monoisotopic (exact) mass is 371 g/mol. The van der Waals surface area contributed by atoms with E-state index in [1.165, 1.54) is 7.11 Å². The number of benzene rings is 2. The Hall–Kier alpha value is -2.89. The normalized spacial score (nSPS) is 11.2. The number of phenolic OH excluding ortho intramolecular Hbond substituents is 1. The number of para-hydroxylation sites is 1. The van der Waals surface area contributed by atoms with E-state index in [0.29, 0.717) is 25.4 Å². The smallest absolute Gasteiger partial charge is 0.194 e. The number of rotatable bonds is 8. The fourth-order valence-corrected chi connectivity index (χ4v) is 2.70. The average molecular weight is 371 g/mol. The van der Waals surface area contributed by atoms with Gasteiger partial charge in [-0.3, -0.25) is 0 Å². The highest BCUT2D eigenvalue weighted by Crippen LogP contribution is 2.29. The van der Waals surface area contributed by atoms with Crippen molar-refractivity contribution in [3.63, 3.8) is 0 Å². The number of aromatic hydroxyl groups is 1. The molecule has 2 aromatic carbocycles. The number of hydrogen-bond donors (Lipinski definition) is 2. The Kier molecular flexibility index (Phi) is 7.79. The number of nitrogens with zero attached hydrogens (tertiary/aromatic N) is 2. The first-order chi connectivity index (χ1) is 13.1. The fourth-order valence-electron chi connectivity index (χ4n) is 2.70. The summed E-state index contributed by atoms with van der Waals surface area (Å²) in [6, 6.07) is 13.5. The number of guanidine groups is 1. The molecule has 0 unspecified atom stereocenters. The summed E-state index contributed by atoms with van der Waals surface area (Å²) < 4.78 is 10.6. The lowest BCUT2D eigenvalue weighted by atomic mass is 10.2. The van der Waals surface area contributed by atoms with Crippen molar-refractivity contribution in [3.05, 3.63) is 53.6 Å². The lowest BCUT2D eigenvalue weighted by molar-refractivity contribution is 0.340. The molecule has 27 heavy (non-hydrogen) atoms. The molecule has 0 heterocycles. The van der Waals surface area contributed by atoms with Gasteiger partial charge in [-0.05, 0) is 37.6 Å². The van der Waals surface area contributed by atoms with E-state index in [-0.39, 0.29) is 5.75 Å². The van der Waals surface area contributed by atoms with E-state index >= 15 is 0 Å². The average Bonchev–Trinajstić information content (AvgIpc) is 2.67. The summed E-state index contributed by atoms with van der Waals surface area (Å²) in [6.45, 7) is 6.50. The molecule has 0 aliphatic carbocycles. The van der Waals surface area contributed by atoms with Crippen molar-refractivity contribution in [2.24, 2.45) is 4.99 Å². The van der Waals surface area contributed by atoms with E-state index in [1.54, 1.807) is 6.07 Å². The lowest BCUT2D eigenvalue weighted by Gasteiger charge is -2.22. The van der Waals surface area contributed by atoms with Gasteiger partial charge in [0.25, 0.3) is 0 Å². The van der Waals surface area contributed by atoms with Crippen LogP contribution in [0.2, 0.25) is 0 Å². The largest absolute Gasteiger partial charge is 0.504 e. The lowest BCUT2D eigenvalue weighted by Crippen LogP contribution is -2.38. The van der Waals surface area contributed by atoms with Crippen molar-refractivity contribution >= 4 is 5.96 Å². The third kappa shape index (κ3) is 5.81. The molecule has 6 heteroatoms. The molecule has 146 valence electrons. The molecule has 2 aromatic rings. The zero-order valence-electron chi connectivity index (χ0n) is 16.5. The number of nitrogens with one attached hydrogen (secondary N) is 1. The van der Waals surface area contributed by atoms with Gasteiger partial charge in [0.2, 0.25) is 0 Å². The molecular formula is C21H29N3O3. The molecule has 0 amide bonds. The van der Waals surface area contributed by atoms with Crippen LogP contribution in [0.4, 0.5) is 0 Å². The minimum absolute atomic E-state index is 0.133. The Morgan fingerprint density at radius 1 is 1.15 bits per heavy atom. The SMILES string of the molecule is CCNC(=NCc1cccc(OC)c1O)N(C)Cc1ccc(OCC)cc1. The van der Waals surface area contributed by atoms with Crippen LogP contribution in [-0.4, -0.2) is 43.3 Å².